The molecule has 2 aliphatic heterocycles. The molecule has 216 valence electrons. The van der Waals surface area contributed by atoms with Gasteiger partial charge in [-0.1, -0.05) is 26.8 Å². The maximum atomic E-state index is 14.7. The Hall–Kier alpha value is -3.05. The van der Waals surface area contributed by atoms with Gasteiger partial charge in [0.1, 0.15) is 21.5 Å². The maximum Gasteiger partial charge on any atom is 0.227 e. The van der Waals surface area contributed by atoms with E-state index in [9.17, 15) is 17.9 Å². The summed E-state index contributed by atoms with van der Waals surface area (Å²) in [6.07, 6.45) is 2.81. The number of nitrogens with one attached hydrogen (secondary N) is 1. The first-order valence-electron chi connectivity index (χ1n) is 14.0. The van der Waals surface area contributed by atoms with E-state index in [1.165, 1.54) is 12.5 Å². The van der Waals surface area contributed by atoms with Crippen LogP contribution in [0.2, 0.25) is 0 Å². The fraction of sp³-hybridized carbons (Fsp3) is 0.552. The lowest BCUT2D eigenvalue weighted by Gasteiger charge is -2.48. The molecule has 2 aromatic heterocycles. The third-order valence-electron chi connectivity index (χ3n) is 8.41. The number of fused-ring (bicyclic) bond motifs is 1. The zero-order valence-corrected chi connectivity index (χ0v) is 24.6. The van der Waals surface area contributed by atoms with E-state index in [1.54, 1.807) is 24.1 Å². The highest BCUT2D eigenvalue weighted by molar-refractivity contribution is 7.91. The number of anilines is 4. The molecule has 1 aromatic carbocycles. The molecule has 5 rings (SSSR count). The van der Waals surface area contributed by atoms with Crippen LogP contribution >= 0.6 is 0 Å². The van der Waals surface area contributed by atoms with Crippen molar-refractivity contribution in [3.63, 3.8) is 0 Å². The Balaban J connectivity index is 1.40. The topological polar surface area (TPSA) is 112 Å². The first kappa shape index (κ1) is 28.5. The quantitative estimate of drug-likeness (QED) is 0.406. The van der Waals surface area contributed by atoms with E-state index in [2.05, 4.69) is 53.1 Å². The van der Waals surface area contributed by atoms with Crippen molar-refractivity contribution >= 4 is 43.9 Å². The first-order valence-corrected chi connectivity index (χ1v) is 15.8. The predicted octanol–water partition coefficient (Wildman–Crippen LogP) is 4.45. The maximum absolute atomic E-state index is 14.7. The van der Waals surface area contributed by atoms with Gasteiger partial charge in [0.25, 0.3) is 0 Å². The highest BCUT2D eigenvalue weighted by atomic mass is 32.2. The summed E-state index contributed by atoms with van der Waals surface area (Å²) in [4.78, 5) is 17.6. The number of aliphatic hydroxyl groups is 1. The lowest BCUT2D eigenvalue weighted by Crippen LogP contribution is -2.57. The average Bonchev–Trinajstić information content (AvgIpc) is 2.91. The number of nitrogens with zero attached hydrogens (tertiary/aromatic N) is 5. The highest BCUT2D eigenvalue weighted by Crippen LogP contribution is 2.39. The van der Waals surface area contributed by atoms with Crippen LogP contribution in [0, 0.1) is 5.92 Å². The van der Waals surface area contributed by atoms with Crippen LogP contribution < -0.4 is 15.1 Å². The summed E-state index contributed by atoms with van der Waals surface area (Å²) >= 11 is 0. The number of sulfone groups is 1. The molecule has 0 unspecified atom stereocenters. The van der Waals surface area contributed by atoms with E-state index in [4.69, 9.17) is 4.98 Å². The summed E-state index contributed by atoms with van der Waals surface area (Å²) in [5.41, 5.74) is 0.524. The van der Waals surface area contributed by atoms with Crippen LogP contribution in [0.25, 0.3) is 10.8 Å². The normalized spacial score (nSPS) is 25.4. The lowest BCUT2D eigenvalue weighted by molar-refractivity contribution is -0.00860. The van der Waals surface area contributed by atoms with Gasteiger partial charge in [-0.2, -0.15) is 4.98 Å². The smallest absolute Gasteiger partial charge is 0.227 e. The molecule has 0 amide bonds. The Bertz CT molecular complexity index is 1500. The molecule has 3 aromatic rings. The first-order chi connectivity index (χ1) is 18.9. The molecule has 2 saturated heterocycles. The minimum absolute atomic E-state index is 0.0204. The average molecular weight is 571 g/mol. The molecule has 0 spiro atoms. The molecule has 11 heteroatoms. The molecule has 2 aliphatic rings. The number of hydrogen-bond donors (Lipinski definition) is 2. The third kappa shape index (κ3) is 5.58. The second-order valence-electron chi connectivity index (χ2n) is 11.7. The Kier molecular flexibility index (Phi) is 7.64. The second kappa shape index (κ2) is 10.7. The molecular weight excluding hydrogens is 531 g/mol. The van der Waals surface area contributed by atoms with Crippen LogP contribution in [-0.2, 0) is 9.84 Å². The fourth-order valence-corrected chi connectivity index (χ4v) is 6.99. The molecule has 0 radical (unpaired) electrons. The summed E-state index contributed by atoms with van der Waals surface area (Å²) < 4.78 is 39.1. The number of benzene rings is 1. The molecule has 0 aliphatic carbocycles. The van der Waals surface area contributed by atoms with E-state index >= 15 is 0 Å². The molecule has 4 atom stereocenters. The van der Waals surface area contributed by atoms with E-state index in [1.807, 2.05) is 12.3 Å². The van der Waals surface area contributed by atoms with Gasteiger partial charge in [0.2, 0.25) is 5.95 Å². The van der Waals surface area contributed by atoms with E-state index in [0.717, 1.165) is 16.5 Å². The molecule has 4 heterocycles. The number of rotatable bonds is 8. The molecular formula is C29H39FN6O3S. The van der Waals surface area contributed by atoms with Crippen LogP contribution in [0.3, 0.4) is 0 Å². The second-order valence-corrected chi connectivity index (χ2v) is 14.1. The van der Waals surface area contributed by atoms with Gasteiger partial charge >= 0.3 is 0 Å². The Morgan fingerprint density at radius 3 is 2.65 bits per heavy atom. The zero-order valence-electron chi connectivity index (χ0n) is 23.8. The van der Waals surface area contributed by atoms with Crippen molar-refractivity contribution in [2.24, 2.45) is 5.92 Å². The summed E-state index contributed by atoms with van der Waals surface area (Å²) in [6, 6.07) is 8.16. The number of halogens is 1. The minimum atomic E-state index is -3.02. The Morgan fingerprint density at radius 1 is 1.20 bits per heavy atom. The number of aromatic nitrogens is 3. The summed E-state index contributed by atoms with van der Waals surface area (Å²) in [5.74, 6) is 2.37. The van der Waals surface area contributed by atoms with Gasteiger partial charge in [0.05, 0.1) is 18.4 Å². The van der Waals surface area contributed by atoms with Crippen LogP contribution in [0.1, 0.15) is 52.5 Å². The number of hydrogen-bond acceptors (Lipinski definition) is 9. The van der Waals surface area contributed by atoms with Crippen molar-refractivity contribution < 1.29 is 17.9 Å². The van der Waals surface area contributed by atoms with Crippen LogP contribution in [0.5, 0.6) is 0 Å². The molecule has 40 heavy (non-hydrogen) atoms. The Morgan fingerprint density at radius 2 is 1.98 bits per heavy atom. The van der Waals surface area contributed by atoms with Gasteiger partial charge in [0, 0.05) is 54.3 Å². The van der Waals surface area contributed by atoms with Gasteiger partial charge < -0.3 is 20.2 Å². The van der Waals surface area contributed by atoms with Crippen LogP contribution in [0.4, 0.5) is 27.7 Å². The van der Waals surface area contributed by atoms with E-state index in [-0.39, 0.29) is 35.9 Å². The number of alkyl halides is 1. The van der Waals surface area contributed by atoms with Gasteiger partial charge in [-0.25, -0.2) is 22.8 Å². The van der Waals surface area contributed by atoms with E-state index in [0.29, 0.717) is 37.1 Å². The van der Waals surface area contributed by atoms with Crippen molar-refractivity contribution in [2.75, 3.05) is 46.3 Å². The SMILES string of the molecule is CCS(=O)(=O)C[C@H]1CN(c2ccc(C(C)C)c3cc(Nc4ccnc(N5CC[C@@H](O)[C@@](C)(F)C5)n4)ncc23)[C@@H]1C. The molecule has 9 nitrogen and oxygen atoms in total. The minimum Gasteiger partial charge on any atom is -0.390 e. The molecule has 2 N–H and O–H groups in total. The largest absolute Gasteiger partial charge is 0.390 e. The molecule has 0 bridgehead atoms. The highest BCUT2D eigenvalue weighted by Gasteiger charge is 2.40. The fourth-order valence-electron chi connectivity index (χ4n) is 5.72. The number of aliphatic hydroxyl groups excluding tert-OH is 1. The number of piperidine rings is 1. The van der Waals surface area contributed by atoms with Gasteiger partial charge in [0.15, 0.2) is 5.67 Å². The van der Waals surface area contributed by atoms with Crippen LogP contribution in [-0.4, -0.2) is 77.4 Å². The Labute approximate surface area is 235 Å². The lowest BCUT2D eigenvalue weighted by atomic mass is 9.88. The van der Waals surface area contributed by atoms with Crippen molar-refractivity contribution in [1.29, 1.82) is 0 Å². The summed E-state index contributed by atoms with van der Waals surface area (Å²) in [6.45, 7) is 10.7. The van der Waals surface area contributed by atoms with Crippen molar-refractivity contribution in [3.05, 3.63) is 42.2 Å². The van der Waals surface area contributed by atoms with Crippen molar-refractivity contribution in [3.8, 4) is 0 Å². The summed E-state index contributed by atoms with van der Waals surface area (Å²) in [7, 11) is -3.02. The van der Waals surface area contributed by atoms with Crippen LogP contribution in [0.15, 0.2) is 36.7 Å². The zero-order chi connectivity index (χ0) is 28.8. The third-order valence-corrected chi connectivity index (χ3v) is 10.2. The van der Waals surface area contributed by atoms with Crippen molar-refractivity contribution in [1.82, 2.24) is 15.0 Å². The predicted molar refractivity (Wildman–Crippen MR) is 158 cm³/mol. The van der Waals surface area contributed by atoms with Gasteiger partial charge in [-0.15, -0.1) is 0 Å². The van der Waals surface area contributed by atoms with Crippen molar-refractivity contribution in [2.45, 2.75) is 64.8 Å². The molecule has 0 saturated carbocycles. The molecule has 2 fully saturated rings. The summed E-state index contributed by atoms with van der Waals surface area (Å²) in [5, 5.41) is 15.4. The standard InChI is InChI=1S/C29H39FN6O3S/c1-6-40(38,39)16-20-15-36(19(20)4)24-8-7-21(18(2)3)22-13-27(32-14-23(22)24)33-26-9-11-31-28(34-26)35-12-10-25(37)29(5,30)17-35/h7-9,11,13-14,18-20,25,37H,6,10,12,15-17H2,1-5H3,(H,31,32,33,34)/t19-,20-,25-,29+/m1/s1. The van der Waals surface area contributed by atoms with Gasteiger partial charge in [-0.3, -0.25) is 0 Å². The van der Waals surface area contributed by atoms with E-state index < -0.39 is 21.6 Å². The van der Waals surface area contributed by atoms with Gasteiger partial charge in [-0.05, 0) is 55.3 Å². The number of pyridine rings is 1. The monoisotopic (exact) mass is 570 g/mol.